The molecule has 0 aliphatic carbocycles. The average Bonchev–Trinajstić information content (AvgIpc) is 3.23. The van der Waals surface area contributed by atoms with E-state index >= 15 is 0 Å². The molecular weight excluding hydrogens is 474 g/mol. The van der Waals surface area contributed by atoms with E-state index in [0.717, 1.165) is 11.3 Å². The number of carboxylic acids is 1. The number of methoxy groups -OCH3 is 3. The molecule has 1 aliphatic rings. The molecule has 0 saturated carbocycles. The standard InChI is InChI=1S/C23H27N5O6S/c1-12-20(21(30)31)35-23(24-12)27-22-25-15(11-18(26-22)28-7-5-14(29)6-8-28)13-9-16(32-2)19(34-4)17(10-13)33-3/h9-11,14,29H,5-8H2,1-4H3,(H,30,31)(H,24,25,26,27). The first-order valence-electron chi connectivity index (χ1n) is 10.9. The Kier molecular flexibility index (Phi) is 7.22. The lowest BCUT2D eigenvalue weighted by Gasteiger charge is -2.30. The van der Waals surface area contributed by atoms with Crippen LogP contribution in [0.5, 0.6) is 17.2 Å². The molecular formula is C23H27N5O6S. The van der Waals surface area contributed by atoms with E-state index in [1.807, 2.05) is 6.07 Å². The number of anilines is 3. The Bertz CT molecular complexity index is 1200. The number of aliphatic hydroxyl groups excluding tert-OH is 1. The Morgan fingerprint density at radius 3 is 2.26 bits per heavy atom. The third-order valence-electron chi connectivity index (χ3n) is 5.67. The number of aromatic nitrogens is 3. The van der Waals surface area contributed by atoms with Crippen molar-refractivity contribution >= 4 is 34.2 Å². The van der Waals surface area contributed by atoms with Crippen molar-refractivity contribution in [2.24, 2.45) is 0 Å². The molecule has 0 atom stereocenters. The lowest BCUT2D eigenvalue weighted by molar-refractivity contribution is 0.0701. The van der Waals surface area contributed by atoms with Crippen LogP contribution in [0.4, 0.5) is 16.9 Å². The van der Waals surface area contributed by atoms with Gasteiger partial charge in [0.25, 0.3) is 0 Å². The van der Waals surface area contributed by atoms with Crippen molar-refractivity contribution < 1.29 is 29.2 Å². The van der Waals surface area contributed by atoms with E-state index in [-0.39, 0.29) is 16.9 Å². The summed E-state index contributed by atoms with van der Waals surface area (Å²) in [4.78, 5) is 27.3. The Balaban J connectivity index is 1.79. The molecule has 1 fully saturated rings. The maximum Gasteiger partial charge on any atom is 0.347 e. The number of aliphatic hydroxyl groups is 1. The summed E-state index contributed by atoms with van der Waals surface area (Å²) < 4.78 is 16.4. The second kappa shape index (κ2) is 10.3. The predicted molar refractivity (Wildman–Crippen MR) is 132 cm³/mol. The molecule has 0 bridgehead atoms. The van der Waals surface area contributed by atoms with Crippen LogP contribution in [-0.2, 0) is 0 Å². The van der Waals surface area contributed by atoms with E-state index < -0.39 is 5.97 Å². The van der Waals surface area contributed by atoms with Gasteiger partial charge in [0.1, 0.15) is 10.7 Å². The number of rotatable bonds is 8. The molecule has 3 aromatic rings. The molecule has 0 radical (unpaired) electrons. The van der Waals surface area contributed by atoms with Gasteiger partial charge in [-0.2, -0.15) is 4.98 Å². The Labute approximate surface area is 206 Å². The van der Waals surface area contributed by atoms with Gasteiger partial charge in [0.05, 0.1) is 38.8 Å². The molecule has 2 aromatic heterocycles. The number of thiazole rings is 1. The number of nitrogens with zero attached hydrogens (tertiary/aromatic N) is 4. The first kappa shape index (κ1) is 24.5. The minimum atomic E-state index is -1.03. The summed E-state index contributed by atoms with van der Waals surface area (Å²) >= 11 is 1.02. The number of hydrogen-bond donors (Lipinski definition) is 3. The molecule has 0 amide bonds. The first-order valence-corrected chi connectivity index (χ1v) is 11.7. The molecule has 186 valence electrons. The monoisotopic (exact) mass is 501 g/mol. The van der Waals surface area contributed by atoms with E-state index in [1.165, 1.54) is 7.11 Å². The van der Waals surface area contributed by atoms with Gasteiger partial charge in [-0.1, -0.05) is 11.3 Å². The highest BCUT2D eigenvalue weighted by Gasteiger charge is 2.22. The Morgan fingerprint density at radius 2 is 1.71 bits per heavy atom. The summed E-state index contributed by atoms with van der Waals surface area (Å²) in [5.41, 5.74) is 1.72. The molecule has 1 aliphatic heterocycles. The zero-order chi connectivity index (χ0) is 25.1. The number of carbonyl (C=O) groups is 1. The molecule has 11 nitrogen and oxygen atoms in total. The fourth-order valence-corrected chi connectivity index (χ4v) is 4.67. The minimum absolute atomic E-state index is 0.151. The van der Waals surface area contributed by atoms with Gasteiger partial charge >= 0.3 is 5.97 Å². The van der Waals surface area contributed by atoms with Crippen LogP contribution in [-0.4, -0.2) is 71.7 Å². The van der Waals surface area contributed by atoms with E-state index in [4.69, 9.17) is 14.2 Å². The summed E-state index contributed by atoms with van der Waals surface area (Å²) in [5.74, 6) is 1.34. The summed E-state index contributed by atoms with van der Waals surface area (Å²) in [6, 6.07) is 5.46. The van der Waals surface area contributed by atoms with Crippen molar-refractivity contribution in [3.05, 3.63) is 28.8 Å². The van der Waals surface area contributed by atoms with Crippen LogP contribution in [0.15, 0.2) is 18.2 Å². The third-order valence-corrected chi connectivity index (χ3v) is 6.73. The van der Waals surface area contributed by atoms with Crippen molar-refractivity contribution in [2.45, 2.75) is 25.9 Å². The highest BCUT2D eigenvalue weighted by atomic mass is 32.1. The lowest BCUT2D eigenvalue weighted by atomic mass is 10.1. The normalized spacial score (nSPS) is 14.0. The summed E-state index contributed by atoms with van der Waals surface area (Å²) in [6.45, 7) is 2.93. The molecule has 0 unspecified atom stereocenters. The number of carboxylic acid groups (broad SMARTS) is 1. The zero-order valence-electron chi connectivity index (χ0n) is 19.9. The van der Waals surface area contributed by atoms with Gasteiger partial charge < -0.3 is 29.3 Å². The fourth-order valence-electron chi connectivity index (χ4n) is 3.87. The highest BCUT2D eigenvalue weighted by Crippen LogP contribution is 2.41. The molecule has 35 heavy (non-hydrogen) atoms. The molecule has 1 saturated heterocycles. The van der Waals surface area contributed by atoms with E-state index in [0.29, 0.717) is 71.1 Å². The topological polar surface area (TPSA) is 139 Å². The van der Waals surface area contributed by atoms with Gasteiger partial charge in [-0.3, -0.25) is 5.32 Å². The van der Waals surface area contributed by atoms with Crippen molar-refractivity contribution in [1.82, 2.24) is 15.0 Å². The maximum absolute atomic E-state index is 11.4. The molecule has 0 spiro atoms. The van der Waals surface area contributed by atoms with Crippen LogP contribution in [0, 0.1) is 6.92 Å². The number of aryl methyl sites for hydroxylation is 1. The number of hydrogen-bond acceptors (Lipinski definition) is 11. The summed E-state index contributed by atoms with van der Waals surface area (Å²) in [7, 11) is 4.63. The SMILES string of the molecule is COc1cc(-c2cc(N3CCC(O)CC3)nc(Nc3nc(C)c(C(=O)O)s3)n2)cc(OC)c1OC. The van der Waals surface area contributed by atoms with Crippen LogP contribution in [0.3, 0.4) is 0 Å². The van der Waals surface area contributed by atoms with E-state index in [1.54, 1.807) is 33.3 Å². The van der Waals surface area contributed by atoms with Crippen molar-refractivity contribution in [3.8, 4) is 28.5 Å². The molecule has 3 N–H and O–H groups in total. The van der Waals surface area contributed by atoms with Crippen LogP contribution in [0.2, 0.25) is 0 Å². The summed E-state index contributed by atoms with van der Waals surface area (Å²) in [5, 5.41) is 22.7. The van der Waals surface area contributed by atoms with E-state index in [9.17, 15) is 15.0 Å². The molecule has 12 heteroatoms. The average molecular weight is 502 g/mol. The number of piperidine rings is 1. The fraction of sp³-hybridized carbons (Fsp3) is 0.391. The van der Waals surface area contributed by atoms with Gasteiger partial charge in [-0.15, -0.1) is 0 Å². The minimum Gasteiger partial charge on any atom is -0.493 e. The van der Waals surface area contributed by atoms with Gasteiger partial charge in [0.2, 0.25) is 11.7 Å². The number of ether oxygens (including phenoxy) is 3. The van der Waals surface area contributed by atoms with Crippen LogP contribution >= 0.6 is 11.3 Å². The second-order valence-corrected chi connectivity index (χ2v) is 8.93. The van der Waals surface area contributed by atoms with Gasteiger partial charge in [0, 0.05) is 24.7 Å². The van der Waals surface area contributed by atoms with E-state index in [2.05, 4.69) is 25.2 Å². The molecule has 3 heterocycles. The number of benzene rings is 1. The van der Waals surface area contributed by atoms with Crippen LogP contribution < -0.4 is 24.4 Å². The zero-order valence-corrected chi connectivity index (χ0v) is 20.7. The largest absolute Gasteiger partial charge is 0.493 e. The second-order valence-electron chi connectivity index (χ2n) is 7.93. The van der Waals surface area contributed by atoms with Gasteiger partial charge in [-0.25, -0.2) is 14.8 Å². The Hall–Kier alpha value is -3.64. The Morgan fingerprint density at radius 1 is 1.06 bits per heavy atom. The third kappa shape index (κ3) is 5.23. The first-order chi connectivity index (χ1) is 16.8. The maximum atomic E-state index is 11.4. The highest BCUT2D eigenvalue weighted by molar-refractivity contribution is 7.17. The smallest absolute Gasteiger partial charge is 0.347 e. The lowest BCUT2D eigenvalue weighted by Crippen LogP contribution is -2.36. The quantitative estimate of drug-likeness (QED) is 0.419. The van der Waals surface area contributed by atoms with Crippen LogP contribution in [0.1, 0.15) is 28.2 Å². The van der Waals surface area contributed by atoms with Crippen molar-refractivity contribution in [3.63, 3.8) is 0 Å². The molecule has 1 aromatic carbocycles. The van der Waals surface area contributed by atoms with Gasteiger partial charge in [-0.05, 0) is 31.9 Å². The van der Waals surface area contributed by atoms with Crippen molar-refractivity contribution in [2.75, 3.05) is 44.6 Å². The number of aromatic carboxylic acids is 1. The van der Waals surface area contributed by atoms with Gasteiger partial charge in [0.15, 0.2) is 16.6 Å². The predicted octanol–water partition coefficient (Wildman–Crippen LogP) is 3.34. The van der Waals surface area contributed by atoms with Crippen LogP contribution in [0.25, 0.3) is 11.3 Å². The van der Waals surface area contributed by atoms with Crippen molar-refractivity contribution in [1.29, 1.82) is 0 Å². The number of nitrogens with one attached hydrogen (secondary N) is 1. The summed E-state index contributed by atoms with van der Waals surface area (Å²) in [6.07, 6.45) is 0.952. The molecule has 4 rings (SSSR count).